The lowest BCUT2D eigenvalue weighted by Crippen LogP contribution is -2.20. The molecule has 1 aromatic heterocycles. The van der Waals surface area contributed by atoms with Crippen LogP contribution in [0.2, 0.25) is 0 Å². The highest BCUT2D eigenvalue weighted by Crippen LogP contribution is 2.33. The molecule has 154 valence electrons. The van der Waals surface area contributed by atoms with E-state index in [4.69, 9.17) is 23.5 Å². The van der Waals surface area contributed by atoms with Gasteiger partial charge in [-0.05, 0) is 42.0 Å². The number of nitrogens with one attached hydrogen (secondary N) is 1. The molecule has 0 fully saturated rings. The Morgan fingerprint density at radius 2 is 1.90 bits per heavy atom. The van der Waals surface area contributed by atoms with Gasteiger partial charge in [-0.3, -0.25) is 4.79 Å². The van der Waals surface area contributed by atoms with Crippen molar-refractivity contribution in [2.24, 2.45) is 0 Å². The fourth-order valence-electron chi connectivity index (χ4n) is 2.95. The summed E-state index contributed by atoms with van der Waals surface area (Å²) >= 11 is 0. The molecule has 30 heavy (non-hydrogen) atoms. The predicted molar refractivity (Wildman–Crippen MR) is 108 cm³/mol. The second-order valence-corrected chi connectivity index (χ2v) is 6.42. The number of rotatable bonds is 7. The van der Waals surface area contributed by atoms with Gasteiger partial charge in [0.15, 0.2) is 28.8 Å². The zero-order valence-corrected chi connectivity index (χ0v) is 16.5. The number of benzene rings is 2. The summed E-state index contributed by atoms with van der Waals surface area (Å²) in [6.45, 7) is 0.451. The number of fused-ring (bicyclic) bond motifs is 1. The third kappa shape index (κ3) is 4.22. The van der Waals surface area contributed by atoms with Crippen molar-refractivity contribution in [2.75, 3.05) is 21.0 Å². The minimum atomic E-state index is -0.247. The average Bonchev–Trinajstić information content (AvgIpc) is 3.44. The molecule has 0 bridgehead atoms. The first-order valence-corrected chi connectivity index (χ1v) is 9.20. The minimum absolute atomic E-state index is 0.214. The summed E-state index contributed by atoms with van der Waals surface area (Å²) in [6.07, 6.45) is 3.15. The molecular formula is C22H20N2O6. The van der Waals surface area contributed by atoms with Crippen molar-refractivity contribution >= 4 is 12.0 Å². The number of amides is 1. The average molecular weight is 408 g/mol. The molecule has 2 aromatic carbocycles. The SMILES string of the molecule is COc1ccc(-c2cc(CNC(=O)/C=C/c3ccc4c(c3)OCO4)no2)cc1OC. The molecule has 2 heterocycles. The fraction of sp³-hybridized carbons (Fsp3) is 0.182. The van der Waals surface area contributed by atoms with Gasteiger partial charge in [-0.2, -0.15) is 0 Å². The lowest BCUT2D eigenvalue weighted by Gasteiger charge is -2.07. The first kappa shape index (κ1) is 19.4. The Labute approximate surface area is 173 Å². The van der Waals surface area contributed by atoms with Gasteiger partial charge in [0, 0.05) is 17.7 Å². The van der Waals surface area contributed by atoms with Gasteiger partial charge >= 0.3 is 0 Å². The first-order valence-electron chi connectivity index (χ1n) is 9.20. The number of ether oxygens (including phenoxy) is 4. The number of hydrogen-bond acceptors (Lipinski definition) is 7. The standard InChI is InChI=1S/C22H20N2O6/c1-26-17-7-5-15(10-20(17)27-2)19-11-16(24-30-19)12-23-22(25)8-4-14-3-6-18-21(9-14)29-13-28-18/h3-11H,12-13H2,1-2H3,(H,23,25)/b8-4+. The number of carbonyl (C=O) groups excluding carboxylic acids is 1. The van der Waals surface area contributed by atoms with E-state index in [0.29, 0.717) is 34.5 Å². The summed E-state index contributed by atoms with van der Waals surface area (Å²) in [4.78, 5) is 12.1. The Bertz CT molecular complexity index is 1090. The Morgan fingerprint density at radius 3 is 2.73 bits per heavy atom. The van der Waals surface area contributed by atoms with Gasteiger partial charge in [-0.15, -0.1) is 0 Å². The lowest BCUT2D eigenvalue weighted by molar-refractivity contribution is -0.116. The van der Waals surface area contributed by atoms with Gasteiger partial charge in [-0.1, -0.05) is 11.2 Å². The topological polar surface area (TPSA) is 92.1 Å². The van der Waals surface area contributed by atoms with Crippen molar-refractivity contribution < 1.29 is 28.3 Å². The van der Waals surface area contributed by atoms with Crippen molar-refractivity contribution in [1.29, 1.82) is 0 Å². The molecule has 1 aliphatic heterocycles. The smallest absolute Gasteiger partial charge is 0.244 e. The number of nitrogens with zero attached hydrogens (tertiary/aromatic N) is 1. The fourth-order valence-corrected chi connectivity index (χ4v) is 2.95. The Hall–Kier alpha value is -3.94. The van der Waals surface area contributed by atoms with E-state index < -0.39 is 0 Å². The summed E-state index contributed by atoms with van der Waals surface area (Å²) in [5.41, 5.74) is 2.23. The summed E-state index contributed by atoms with van der Waals surface area (Å²) in [5.74, 6) is 2.91. The molecule has 0 radical (unpaired) electrons. The van der Waals surface area contributed by atoms with Gasteiger partial charge in [-0.25, -0.2) is 0 Å². The summed E-state index contributed by atoms with van der Waals surface area (Å²) < 4.78 is 26.5. The van der Waals surface area contributed by atoms with E-state index in [-0.39, 0.29) is 19.2 Å². The van der Waals surface area contributed by atoms with Crippen molar-refractivity contribution in [3.8, 4) is 34.3 Å². The molecule has 0 atom stereocenters. The molecular weight excluding hydrogens is 388 g/mol. The minimum Gasteiger partial charge on any atom is -0.493 e. The summed E-state index contributed by atoms with van der Waals surface area (Å²) in [7, 11) is 3.15. The zero-order chi connectivity index (χ0) is 20.9. The second-order valence-electron chi connectivity index (χ2n) is 6.42. The van der Waals surface area contributed by atoms with Crippen LogP contribution >= 0.6 is 0 Å². The van der Waals surface area contributed by atoms with E-state index in [1.54, 1.807) is 38.5 Å². The maximum absolute atomic E-state index is 12.1. The largest absolute Gasteiger partial charge is 0.493 e. The van der Waals surface area contributed by atoms with E-state index in [0.717, 1.165) is 11.1 Å². The quantitative estimate of drug-likeness (QED) is 0.599. The number of aromatic nitrogens is 1. The Balaban J connectivity index is 1.35. The highest BCUT2D eigenvalue weighted by Gasteiger charge is 2.13. The van der Waals surface area contributed by atoms with Crippen molar-refractivity contribution in [2.45, 2.75) is 6.54 Å². The van der Waals surface area contributed by atoms with Gasteiger partial charge < -0.3 is 28.8 Å². The molecule has 8 nitrogen and oxygen atoms in total. The Morgan fingerprint density at radius 1 is 1.07 bits per heavy atom. The highest BCUT2D eigenvalue weighted by molar-refractivity contribution is 5.91. The van der Waals surface area contributed by atoms with Crippen LogP contribution in [0.1, 0.15) is 11.3 Å². The monoisotopic (exact) mass is 408 g/mol. The summed E-state index contributed by atoms with van der Waals surface area (Å²) in [6, 6.07) is 12.7. The lowest BCUT2D eigenvalue weighted by atomic mass is 10.1. The van der Waals surface area contributed by atoms with Gasteiger partial charge in [0.25, 0.3) is 0 Å². The highest BCUT2D eigenvalue weighted by atomic mass is 16.7. The van der Waals surface area contributed by atoms with Crippen LogP contribution in [-0.4, -0.2) is 32.1 Å². The predicted octanol–water partition coefficient (Wildman–Crippen LogP) is 3.42. The number of carbonyl (C=O) groups is 1. The van der Waals surface area contributed by atoms with Crippen LogP contribution in [-0.2, 0) is 11.3 Å². The van der Waals surface area contributed by atoms with Crippen molar-refractivity contribution in [1.82, 2.24) is 10.5 Å². The molecule has 0 saturated heterocycles. The van der Waals surface area contributed by atoms with Crippen LogP contribution in [0.15, 0.2) is 53.1 Å². The van der Waals surface area contributed by atoms with Crippen LogP contribution in [0.5, 0.6) is 23.0 Å². The van der Waals surface area contributed by atoms with Crippen LogP contribution < -0.4 is 24.3 Å². The molecule has 3 aromatic rings. The molecule has 0 spiro atoms. The molecule has 1 aliphatic rings. The third-order valence-corrected chi connectivity index (χ3v) is 4.49. The van der Waals surface area contributed by atoms with Crippen LogP contribution in [0.4, 0.5) is 0 Å². The first-order chi connectivity index (χ1) is 14.7. The van der Waals surface area contributed by atoms with E-state index >= 15 is 0 Å². The van der Waals surface area contributed by atoms with Crippen molar-refractivity contribution in [3.63, 3.8) is 0 Å². The molecule has 1 N–H and O–H groups in total. The molecule has 1 amide bonds. The third-order valence-electron chi connectivity index (χ3n) is 4.49. The molecule has 0 aliphatic carbocycles. The molecule has 0 saturated carbocycles. The van der Waals surface area contributed by atoms with E-state index in [1.807, 2.05) is 24.3 Å². The van der Waals surface area contributed by atoms with E-state index in [1.165, 1.54) is 6.08 Å². The second kappa shape index (κ2) is 8.60. The molecule has 4 rings (SSSR count). The van der Waals surface area contributed by atoms with Gasteiger partial charge in [0.2, 0.25) is 12.7 Å². The van der Waals surface area contributed by atoms with E-state index in [9.17, 15) is 4.79 Å². The number of hydrogen-bond donors (Lipinski definition) is 1. The van der Waals surface area contributed by atoms with Gasteiger partial charge in [0.05, 0.1) is 20.8 Å². The van der Waals surface area contributed by atoms with Gasteiger partial charge in [0.1, 0.15) is 5.69 Å². The molecule has 0 unspecified atom stereocenters. The maximum atomic E-state index is 12.1. The normalized spacial score (nSPS) is 12.2. The van der Waals surface area contributed by atoms with Crippen molar-refractivity contribution in [3.05, 3.63) is 59.8 Å². The van der Waals surface area contributed by atoms with E-state index in [2.05, 4.69) is 10.5 Å². The zero-order valence-electron chi connectivity index (χ0n) is 16.5. The molecule has 8 heteroatoms. The summed E-state index contributed by atoms with van der Waals surface area (Å²) in [5, 5.41) is 6.78. The van der Waals surface area contributed by atoms with Crippen LogP contribution in [0.25, 0.3) is 17.4 Å². The Kier molecular flexibility index (Phi) is 5.56. The van der Waals surface area contributed by atoms with Crippen LogP contribution in [0.3, 0.4) is 0 Å². The number of methoxy groups -OCH3 is 2. The van der Waals surface area contributed by atoms with Crippen LogP contribution in [0, 0.1) is 0 Å². The maximum Gasteiger partial charge on any atom is 0.244 e.